The number of piperidine rings is 1. The summed E-state index contributed by atoms with van der Waals surface area (Å²) < 4.78 is 0. The van der Waals surface area contributed by atoms with Gasteiger partial charge in [-0.05, 0) is 36.3 Å². The van der Waals surface area contributed by atoms with Gasteiger partial charge in [0.25, 0.3) is 0 Å². The van der Waals surface area contributed by atoms with E-state index in [0.29, 0.717) is 12.5 Å². The summed E-state index contributed by atoms with van der Waals surface area (Å²) in [6, 6.07) is 8.39. The Bertz CT molecular complexity index is 382. The molecule has 3 nitrogen and oxygen atoms in total. The molecule has 0 bridgehead atoms. The monoisotopic (exact) mass is 276 g/mol. The van der Waals surface area contributed by atoms with Crippen molar-refractivity contribution in [2.24, 2.45) is 5.92 Å². The fourth-order valence-corrected chi connectivity index (χ4v) is 2.73. The zero-order valence-corrected chi connectivity index (χ0v) is 12.8. The minimum Gasteiger partial charge on any atom is -0.387 e. The van der Waals surface area contributed by atoms with Crippen LogP contribution in [0.2, 0.25) is 0 Å². The van der Waals surface area contributed by atoms with E-state index in [1.807, 2.05) is 0 Å². The average molecular weight is 276 g/mol. The van der Waals surface area contributed by atoms with Gasteiger partial charge in [0.05, 0.1) is 6.10 Å². The van der Waals surface area contributed by atoms with Gasteiger partial charge < -0.3 is 5.11 Å². The van der Waals surface area contributed by atoms with Crippen LogP contribution in [0.15, 0.2) is 24.3 Å². The lowest BCUT2D eigenvalue weighted by Gasteiger charge is -2.28. The van der Waals surface area contributed by atoms with Crippen LogP contribution in [-0.2, 0) is 6.42 Å². The molecule has 20 heavy (non-hydrogen) atoms. The number of aliphatic hydroxyl groups is 1. The van der Waals surface area contributed by atoms with Gasteiger partial charge in [-0.15, -0.1) is 0 Å². The second-order valence-electron chi connectivity index (χ2n) is 6.27. The zero-order valence-electron chi connectivity index (χ0n) is 12.8. The number of rotatable bonds is 6. The summed E-state index contributed by atoms with van der Waals surface area (Å²) in [7, 11) is 0. The Balaban J connectivity index is 1.80. The first-order valence-corrected chi connectivity index (χ1v) is 7.90. The van der Waals surface area contributed by atoms with Gasteiger partial charge in [-0.3, -0.25) is 5.43 Å². The van der Waals surface area contributed by atoms with E-state index in [0.717, 1.165) is 25.1 Å². The lowest BCUT2D eigenvalue weighted by Crippen LogP contribution is -2.43. The van der Waals surface area contributed by atoms with E-state index in [1.54, 1.807) is 0 Å². The molecule has 0 saturated carbocycles. The molecule has 1 fully saturated rings. The Labute approximate surface area is 123 Å². The van der Waals surface area contributed by atoms with Crippen molar-refractivity contribution in [2.75, 3.05) is 19.6 Å². The fourth-order valence-electron chi connectivity index (χ4n) is 2.73. The van der Waals surface area contributed by atoms with Gasteiger partial charge in [-0.2, -0.15) is 0 Å². The van der Waals surface area contributed by atoms with E-state index >= 15 is 0 Å². The number of hydrazine groups is 1. The summed E-state index contributed by atoms with van der Waals surface area (Å²) in [5.74, 6) is 0.673. The summed E-state index contributed by atoms with van der Waals surface area (Å²) in [6.07, 6.45) is 4.52. The number of hydrogen-bond acceptors (Lipinski definition) is 3. The lowest BCUT2D eigenvalue weighted by atomic mass is 10.0. The Morgan fingerprint density at radius 1 is 1.10 bits per heavy atom. The molecule has 0 radical (unpaired) electrons. The minimum atomic E-state index is -0.426. The SMILES string of the molecule is CC(C)Cc1ccc(C(O)CNN2CCCCC2)cc1. The molecule has 1 aromatic rings. The Morgan fingerprint density at radius 2 is 1.75 bits per heavy atom. The van der Waals surface area contributed by atoms with Gasteiger partial charge in [0.1, 0.15) is 0 Å². The van der Waals surface area contributed by atoms with Gasteiger partial charge in [0.15, 0.2) is 0 Å². The predicted molar refractivity (Wildman–Crippen MR) is 83.4 cm³/mol. The average Bonchev–Trinajstić information content (AvgIpc) is 2.46. The van der Waals surface area contributed by atoms with Crippen molar-refractivity contribution in [3.05, 3.63) is 35.4 Å². The molecular weight excluding hydrogens is 248 g/mol. The molecule has 1 aliphatic rings. The number of nitrogens with one attached hydrogen (secondary N) is 1. The van der Waals surface area contributed by atoms with Crippen LogP contribution in [0.25, 0.3) is 0 Å². The third-order valence-corrected chi connectivity index (χ3v) is 3.87. The smallest absolute Gasteiger partial charge is 0.0928 e. The molecule has 0 amide bonds. The Kier molecular flexibility index (Phi) is 6.02. The standard InChI is InChI=1S/C17H28N2O/c1-14(2)12-15-6-8-16(9-7-15)17(20)13-18-19-10-4-3-5-11-19/h6-9,14,17-18,20H,3-5,10-13H2,1-2H3. The lowest BCUT2D eigenvalue weighted by molar-refractivity contribution is 0.0996. The molecule has 0 spiro atoms. The summed E-state index contributed by atoms with van der Waals surface area (Å²) in [4.78, 5) is 0. The molecule has 0 aromatic heterocycles. The highest BCUT2D eigenvalue weighted by atomic mass is 16.3. The summed E-state index contributed by atoms with van der Waals surface area (Å²) in [5, 5.41) is 12.5. The maximum atomic E-state index is 10.2. The highest BCUT2D eigenvalue weighted by Gasteiger charge is 2.12. The Hall–Kier alpha value is -0.900. The number of hydrogen-bond donors (Lipinski definition) is 2. The van der Waals surface area contributed by atoms with Crippen LogP contribution in [0, 0.1) is 5.92 Å². The topological polar surface area (TPSA) is 35.5 Å². The van der Waals surface area contributed by atoms with Crippen LogP contribution in [0.5, 0.6) is 0 Å². The highest BCUT2D eigenvalue weighted by molar-refractivity contribution is 5.24. The Morgan fingerprint density at radius 3 is 2.35 bits per heavy atom. The molecule has 1 aromatic carbocycles. The largest absolute Gasteiger partial charge is 0.387 e. The van der Waals surface area contributed by atoms with Crippen molar-refractivity contribution in [2.45, 2.75) is 45.6 Å². The van der Waals surface area contributed by atoms with Gasteiger partial charge in [0, 0.05) is 19.6 Å². The van der Waals surface area contributed by atoms with Gasteiger partial charge in [0.2, 0.25) is 0 Å². The molecule has 1 atom stereocenters. The second-order valence-corrected chi connectivity index (χ2v) is 6.27. The van der Waals surface area contributed by atoms with E-state index in [9.17, 15) is 5.11 Å². The highest BCUT2D eigenvalue weighted by Crippen LogP contribution is 2.16. The first-order chi connectivity index (χ1) is 9.65. The van der Waals surface area contributed by atoms with Crippen molar-refractivity contribution in [1.82, 2.24) is 10.4 Å². The van der Waals surface area contributed by atoms with Crippen molar-refractivity contribution < 1.29 is 5.11 Å². The van der Waals surface area contributed by atoms with Crippen LogP contribution < -0.4 is 5.43 Å². The fraction of sp³-hybridized carbons (Fsp3) is 0.647. The summed E-state index contributed by atoms with van der Waals surface area (Å²) >= 11 is 0. The molecular formula is C17H28N2O. The molecule has 2 rings (SSSR count). The summed E-state index contributed by atoms with van der Waals surface area (Å²) in [5.41, 5.74) is 5.70. The van der Waals surface area contributed by atoms with Crippen LogP contribution in [0.1, 0.15) is 50.3 Å². The molecule has 1 unspecified atom stereocenters. The first-order valence-electron chi connectivity index (χ1n) is 7.90. The molecule has 3 heteroatoms. The third-order valence-electron chi connectivity index (χ3n) is 3.87. The maximum absolute atomic E-state index is 10.2. The molecule has 1 saturated heterocycles. The second kappa shape index (κ2) is 7.77. The van der Waals surface area contributed by atoms with Gasteiger partial charge in [-0.25, -0.2) is 5.01 Å². The van der Waals surface area contributed by atoms with Crippen LogP contribution in [-0.4, -0.2) is 29.7 Å². The van der Waals surface area contributed by atoms with E-state index in [2.05, 4.69) is 48.5 Å². The van der Waals surface area contributed by atoms with Crippen LogP contribution in [0.4, 0.5) is 0 Å². The van der Waals surface area contributed by atoms with Gasteiger partial charge >= 0.3 is 0 Å². The van der Waals surface area contributed by atoms with E-state index in [4.69, 9.17) is 0 Å². The quantitative estimate of drug-likeness (QED) is 0.838. The number of nitrogens with zero attached hydrogens (tertiary/aromatic N) is 1. The van der Waals surface area contributed by atoms with Crippen molar-refractivity contribution >= 4 is 0 Å². The first kappa shape index (κ1) is 15.5. The molecule has 1 aliphatic heterocycles. The summed E-state index contributed by atoms with van der Waals surface area (Å²) in [6.45, 7) is 7.25. The maximum Gasteiger partial charge on any atom is 0.0928 e. The molecule has 1 heterocycles. The molecule has 112 valence electrons. The number of benzene rings is 1. The van der Waals surface area contributed by atoms with E-state index < -0.39 is 6.10 Å². The van der Waals surface area contributed by atoms with Crippen molar-refractivity contribution in [3.8, 4) is 0 Å². The van der Waals surface area contributed by atoms with Crippen molar-refractivity contribution in [3.63, 3.8) is 0 Å². The number of aliphatic hydroxyl groups excluding tert-OH is 1. The van der Waals surface area contributed by atoms with Gasteiger partial charge in [-0.1, -0.05) is 44.5 Å². The minimum absolute atomic E-state index is 0.426. The molecule has 2 N–H and O–H groups in total. The normalized spacial score (nSPS) is 18.4. The van der Waals surface area contributed by atoms with Crippen molar-refractivity contribution in [1.29, 1.82) is 0 Å². The third kappa shape index (κ3) is 4.89. The predicted octanol–water partition coefficient (Wildman–Crippen LogP) is 2.91. The molecule has 0 aliphatic carbocycles. The van der Waals surface area contributed by atoms with Crippen LogP contribution in [0.3, 0.4) is 0 Å². The zero-order chi connectivity index (χ0) is 14.4. The van der Waals surface area contributed by atoms with E-state index in [1.165, 1.54) is 24.8 Å². The van der Waals surface area contributed by atoms with Crippen LogP contribution >= 0.6 is 0 Å². The van der Waals surface area contributed by atoms with E-state index in [-0.39, 0.29) is 0 Å².